The van der Waals surface area contributed by atoms with Gasteiger partial charge in [-0.25, -0.2) is 0 Å². The van der Waals surface area contributed by atoms with Crippen molar-refractivity contribution < 1.29 is 4.79 Å². The van der Waals surface area contributed by atoms with Crippen molar-refractivity contribution in [3.63, 3.8) is 0 Å². The number of nitrogens with zero attached hydrogens (tertiary/aromatic N) is 3. The Bertz CT molecular complexity index is 1680. The van der Waals surface area contributed by atoms with Crippen molar-refractivity contribution in [1.29, 1.82) is 0 Å². The lowest BCUT2D eigenvalue weighted by Crippen LogP contribution is -2.30. The number of thiocarbonyl (C=S) groups is 1. The van der Waals surface area contributed by atoms with Crippen LogP contribution in [0.3, 0.4) is 0 Å². The van der Waals surface area contributed by atoms with Crippen LogP contribution in [0.2, 0.25) is 0 Å². The van der Waals surface area contributed by atoms with E-state index < -0.39 is 0 Å². The maximum absolute atomic E-state index is 12.0. The zero-order chi connectivity index (χ0) is 26.9. The second-order valence-electron chi connectivity index (χ2n) is 9.73. The summed E-state index contributed by atoms with van der Waals surface area (Å²) in [5.74, 6) is -0.00878. The van der Waals surface area contributed by atoms with E-state index in [9.17, 15) is 4.79 Å². The number of carbonyl (C=O) groups is 1. The molecular formula is C32H29N5OS. The first-order valence-electron chi connectivity index (χ1n) is 13.1. The maximum Gasteiger partial charge on any atom is 0.224 e. The number of hydrogen-bond donors (Lipinski definition) is 2. The number of benzene rings is 3. The van der Waals surface area contributed by atoms with Gasteiger partial charge in [-0.15, -0.1) is 0 Å². The largest absolute Gasteiger partial charge is 0.351 e. The van der Waals surface area contributed by atoms with Crippen LogP contribution in [0.4, 0.5) is 11.4 Å². The second kappa shape index (κ2) is 10.3. The fourth-order valence-electron chi connectivity index (χ4n) is 5.31. The predicted octanol–water partition coefficient (Wildman–Crippen LogP) is 6.86. The fourth-order valence-corrected chi connectivity index (χ4v) is 5.65. The van der Waals surface area contributed by atoms with Crippen LogP contribution in [-0.2, 0) is 4.79 Å². The van der Waals surface area contributed by atoms with Gasteiger partial charge in [-0.3, -0.25) is 9.78 Å². The van der Waals surface area contributed by atoms with Crippen LogP contribution in [0.5, 0.6) is 0 Å². The molecule has 39 heavy (non-hydrogen) atoms. The molecule has 0 spiro atoms. The van der Waals surface area contributed by atoms with Crippen molar-refractivity contribution in [2.75, 3.05) is 10.2 Å². The molecule has 6 nitrogen and oxygen atoms in total. The molecule has 3 heterocycles. The van der Waals surface area contributed by atoms with Gasteiger partial charge in [0.2, 0.25) is 5.91 Å². The first kappa shape index (κ1) is 24.8. The summed E-state index contributed by atoms with van der Waals surface area (Å²) in [5, 5.41) is 9.57. The third kappa shape index (κ3) is 4.66. The highest BCUT2D eigenvalue weighted by molar-refractivity contribution is 7.80. The summed E-state index contributed by atoms with van der Waals surface area (Å²) in [4.78, 5) is 18.9. The normalized spacial score (nSPS) is 16.9. The van der Waals surface area contributed by atoms with Gasteiger partial charge in [0, 0.05) is 41.6 Å². The summed E-state index contributed by atoms with van der Waals surface area (Å²) in [7, 11) is 0. The van der Waals surface area contributed by atoms with E-state index in [1.54, 1.807) is 0 Å². The Morgan fingerprint density at radius 1 is 0.949 bits per heavy atom. The van der Waals surface area contributed by atoms with Crippen LogP contribution >= 0.6 is 12.2 Å². The topological polar surface area (TPSA) is 62.2 Å². The van der Waals surface area contributed by atoms with E-state index in [-0.39, 0.29) is 18.0 Å². The zero-order valence-corrected chi connectivity index (χ0v) is 22.7. The lowest BCUT2D eigenvalue weighted by molar-refractivity contribution is -0.115. The molecule has 0 unspecified atom stereocenters. The van der Waals surface area contributed by atoms with Gasteiger partial charge in [0.1, 0.15) is 6.04 Å². The van der Waals surface area contributed by atoms with E-state index >= 15 is 0 Å². The minimum atomic E-state index is -0.163. The number of aryl methyl sites for hydroxylation is 1. The quantitative estimate of drug-likeness (QED) is 0.234. The number of amides is 1. The number of anilines is 2. The van der Waals surface area contributed by atoms with Gasteiger partial charge in [0.25, 0.3) is 0 Å². The molecule has 0 radical (unpaired) electrons. The van der Waals surface area contributed by atoms with Crippen molar-refractivity contribution >= 4 is 45.4 Å². The molecule has 0 bridgehead atoms. The summed E-state index contributed by atoms with van der Waals surface area (Å²) in [6, 6.07) is 30.8. The Balaban J connectivity index is 1.46. The number of aromatic nitrogens is 2. The number of carbonyl (C=O) groups excluding carboxylic acids is 1. The van der Waals surface area contributed by atoms with Crippen LogP contribution in [-0.4, -0.2) is 20.6 Å². The number of pyridine rings is 1. The number of fused-ring (bicyclic) bond motifs is 1. The van der Waals surface area contributed by atoms with E-state index in [2.05, 4.69) is 87.0 Å². The Kier molecular flexibility index (Phi) is 6.59. The molecule has 6 rings (SSSR count). The predicted molar refractivity (Wildman–Crippen MR) is 161 cm³/mol. The third-order valence-electron chi connectivity index (χ3n) is 7.28. The summed E-state index contributed by atoms with van der Waals surface area (Å²) < 4.78 is 2.23. The molecule has 1 saturated heterocycles. The first-order chi connectivity index (χ1) is 19.0. The van der Waals surface area contributed by atoms with Crippen molar-refractivity contribution in [1.82, 2.24) is 14.9 Å². The molecule has 2 N–H and O–H groups in total. The lowest BCUT2D eigenvalue weighted by atomic mass is 10.00. The van der Waals surface area contributed by atoms with E-state index in [0.29, 0.717) is 11.5 Å². The van der Waals surface area contributed by atoms with Crippen molar-refractivity contribution in [3.8, 4) is 5.69 Å². The average molecular weight is 532 g/mol. The van der Waals surface area contributed by atoms with E-state index in [1.165, 1.54) is 10.8 Å². The minimum absolute atomic E-state index is 0.00878. The van der Waals surface area contributed by atoms with Crippen LogP contribution in [0.15, 0.2) is 103 Å². The van der Waals surface area contributed by atoms with Crippen LogP contribution in [0.25, 0.3) is 16.5 Å². The minimum Gasteiger partial charge on any atom is -0.351 e. The number of nitrogens with one attached hydrogen (secondary N) is 2. The van der Waals surface area contributed by atoms with Crippen molar-refractivity contribution in [2.45, 2.75) is 32.4 Å². The lowest BCUT2D eigenvalue weighted by Gasteiger charge is -2.29. The molecular weight excluding hydrogens is 502 g/mol. The van der Waals surface area contributed by atoms with Gasteiger partial charge in [-0.05, 0) is 90.1 Å². The molecule has 1 fully saturated rings. The number of hydrogen-bond acceptors (Lipinski definition) is 3. The Hall–Kier alpha value is -4.49. The summed E-state index contributed by atoms with van der Waals surface area (Å²) in [5.41, 5.74) is 5.83. The highest BCUT2D eigenvalue weighted by Gasteiger charge is 2.42. The number of rotatable bonds is 6. The van der Waals surface area contributed by atoms with Gasteiger partial charge in [-0.1, -0.05) is 43.3 Å². The summed E-state index contributed by atoms with van der Waals surface area (Å²) in [6.07, 6.45) is 4.35. The van der Waals surface area contributed by atoms with Gasteiger partial charge in [0.15, 0.2) is 5.11 Å². The fraction of sp³-hybridized carbons (Fsp3) is 0.156. The van der Waals surface area contributed by atoms with Crippen LogP contribution < -0.4 is 15.5 Å². The molecule has 5 aromatic rings. The van der Waals surface area contributed by atoms with E-state index in [4.69, 9.17) is 17.2 Å². The molecule has 0 saturated carbocycles. The van der Waals surface area contributed by atoms with E-state index in [1.807, 2.05) is 50.4 Å². The molecule has 1 amide bonds. The van der Waals surface area contributed by atoms with E-state index in [0.717, 1.165) is 34.0 Å². The van der Waals surface area contributed by atoms with Gasteiger partial charge in [-0.2, -0.15) is 0 Å². The Morgan fingerprint density at radius 3 is 2.51 bits per heavy atom. The highest BCUT2D eigenvalue weighted by atomic mass is 32.1. The molecule has 2 aromatic heterocycles. The monoisotopic (exact) mass is 531 g/mol. The average Bonchev–Trinajstić information content (AvgIpc) is 3.58. The van der Waals surface area contributed by atoms with Crippen LogP contribution in [0.1, 0.15) is 42.4 Å². The standard InChI is InChI=1S/C32H29N5OS/c1-3-29(38)34-26-16-15-25(19-21(26)2)37-31(30(35-32(37)39)27-11-6-7-17-33-27)28-12-8-18-36(28)24-14-13-22-9-4-5-10-23(22)20-24/h4-20,30-31H,3H2,1-2H3,(H,34,38)(H,35,39)/t30-,31+/m1/s1. The van der Waals surface area contributed by atoms with Crippen LogP contribution in [0, 0.1) is 6.92 Å². The molecule has 1 aliphatic heterocycles. The second-order valence-corrected chi connectivity index (χ2v) is 10.1. The third-order valence-corrected chi connectivity index (χ3v) is 7.59. The molecule has 3 aromatic carbocycles. The SMILES string of the molecule is CCC(=O)Nc1ccc(N2C(=S)N[C@H](c3ccccn3)[C@@H]2c2cccn2-c2ccc3ccccc3c2)cc1C. The van der Waals surface area contributed by atoms with Gasteiger partial charge in [0.05, 0.1) is 11.7 Å². The highest BCUT2D eigenvalue weighted by Crippen LogP contribution is 2.43. The first-order valence-corrected chi connectivity index (χ1v) is 13.5. The summed E-state index contributed by atoms with van der Waals surface area (Å²) in [6.45, 7) is 3.85. The molecule has 0 aliphatic carbocycles. The molecule has 194 valence electrons. The van der Waals surface area contributed by atoms with Crippen molar-refractivity contribution in [2.24, 2.45) is 0 Å². The zero-order valence-electron chi connectivity index (χ0n) is 21.8. The molecule has 2 atom stereocenters. The summed E-state index contributed by atoms with van der Waals surface area (Å²) >= 11 is 5.95. The van der Waals surface area contributed by atoms with Gasteiger partial charge < -0.3 is 20.1 Å². The maximum atomic E-state index is 12.0. The van der Waals surface area contributed by atoms with Crippen molar-refractivity contribution in [3.05, 3.63) is 120 Å². The Morgan fingerprint density at radius 2 is 1.74 bits per heavy atom. The Labute approximate surface area is 233 Å². The molecule has 7 heteroatoms. The smallest absolute Gasteiger partial charge is 0.224 e. The van der Waals surface area contributed by atoms with Gasteiger partial charge >= 0.3 is 0 Å². The molecule has 1 aliphatic rings.